The number of amides is 1. The number of hydrogen-bond donors (Lipinski definition) is 1. The van der Waals surface area contributed by atoms with Gasteiger partial charge in [-0.3, -0.25) is 4.79 Å². The fourth-order valence-corrected chi connectivity index (χ4v) is 4.72. The fourth-order valence-electron chi connectivity index (χ4n) is 3.55. The Hall–Kier alpha value is -3.50. The number of benzene rings is 1. The molecule has 10 heteroatoms. The summed E-state index contributed by atoms with van der Waals surface area (Å²) in [6, 6.07) is 6.67. The summed E-state index contributed by atoms with van der Waals surface area (Å²) in [5, 5.41) is 7.80. The topological polar surface area (TPSA) is 117 Å². The Kier molecular flexibility index (Phi) is 4.79. The molecule has 0 saturated heterocycles. The van der Waals surface area contributed by atoms with E-state index in [-0.39, 0.29) is 11.1 Å². The quantitative estimate of drug-likeness (QED) is 0.480. The molecule has 3 aromatic heterocycles. The van der Waals surface area contributed by atoms with Crippen LogP contribution in [0.3, 0.4) is 0 Å². The van der Waals surface area contributed by atoms with Crippen molar-refractivity contribution >= 4 is 33.2 Å². The van der Waals surface area contributed by atoms with Gasteiger partial charge < -0.3 is 23.7 Å². The summed E-state index contributed by atoms with van der Waals surface area (Å²) in [6.45, 7) is 2.73. The molecule has 4 aromatic rings. The number of thiophene rings is 1. The van der Waals surface area contributed by atoms with E-state index in [0.717, 1.165) is 10.4 Å². The predicted molar refractivity (Wildman–Crippen MR) is 113 cm³/mol. The van der Waals surface area contributed by atoms with E-state index in [2.05, 4.69) is 15.5 Å². The number of methoxy groups -OCH3 is 1. The standard InChI is InChI=1S/C21H17N3O6S/c1-10-22-19(30-24-10)16-12-6-7-28-9-15(12)31-20(16)23-18(25)13-8-11-4-3-5-14(27-2)17(11)29-21(13)26/h3-5,8H,6-7,9H2,1-2H3,(H,23,25). The van der Waals surface area contributed by atoms with Crippen molar-refractivity contribution in [3.63, 3.8) is 0 Å². The molecule has 0 atom stereocenters. The minimum atomic E-state index is -0.755. The van der Waals surface area contributed by atoms with Gasteiger partial charge in [0.1, 0.15) is 10.6 Å². The second kappa shape index (κ2) is 7.64. The van der Waals surface area contributed by atoms with Crippen LogP contribution in [0.15, 0.2) is 38.0 Å². The van der Waals surface area contributed by atoms with E-state index < -0.39 is 11.5 Å². The maximum Gasteiger partial charge on any atom is 0.349 e. The summed E-state index contributed by atoms with van der Waals surface area (Å²) in [5.74, 6) is 0.642. The number of aromatic nitrogens is 2. The molecule has 0 unspecified atom stereocenters. The summed E-state index contributed by atoms with van der Waals surface area (Å²) in [4.78, 5) is 30.9. The van der Waals surface area contributed by atoms with Gasteiger partial charge in [-0.25, -0.2) is 4.79 Å². The molecular weight excluding hydrogens is 422 g/mol. The third kappa shape index (κ3) is 3.39. The van der Waals surface area contributed by atoms with Gasteiger partial charge in [0.05, 0.1) is 25.9 Å². The molecule has 5 rings (SSSR count). The lowest BCUT2D eigenvalue weighted by atomic mass is 10.1. The Labute approximate surface area is 179 Å². The van der Waals surface area contributed by atoms with Gasteiger partial charge in [0.2, 0.25) is 0 Å². The van der Waals surface area contributed by atoms with Gasteiger partial charge >= 0.3 is 5.63 Å². The number of ether oxygens (including phenoxy) is 2. The number of hydrogen-bond acceptors (Lipinski definition) is 9. The van der Waals surface area contributed by atoms with Crippen LogP contribution in [-0.2, 0) is 17.8 Å². The molecule has 1 N–H and O–H groups in total. The smallest absolute Gasteiger partial charge is 0.349 e. The number of carbonyl (C=O) groups excluding carboxylic acids is 1. The van der Waals surface area contributed by atoms with Gasteiger partial charge in [-0.15, -0.1) is 11.3 Å². The van der Waals surface area contributed by atoms with Crippen LogP contribution in [0.25, 0.3) is 22.4 Å². The van der Waals surface area contributed by atoms with Gasteiger partial charge in [-0.1, -0.05) is 17.3 Å². The summed E-state index contributed by atoms with van der Waals surface area (Å²) in [6.07, 6.45) is 0.663. The highest BCUT2D eigenvalue weighted by Gasteiger charge is 2.27. The SMILES string of the molecule is COc1cccc2cc(C(=O)Nc3sc4c(c3-c3nc(C)no3)CCOC4)c(=O)oc12. The Morgan fingerprint density at radius 2 is 2.19 bits per heavy atom. The number of fused-ring (bicyclic) bond motifs is 2. The van der Waals surface area contributed by atoms with Crippen molar-refractivity contribution in [2.24, 2.45) is 0 Å². The van der Waals surface area contributed by atoms with Gasteiger partial charge in [-0.2, -0.15) is 4.98 Å². The van der Waals surface area contributed by atoms with Crippen molar-refractivity contribution in [2.75, 3.05) is 19.0 Å². The molecule has 0 bridgehead atoms. The maximum absolute atomic E-state index is 13.0. The Balaban J connectivity index is 1.56. The number of nitrogens with zero attached hydrogens (tertiary/aromatic N) is 2. The first kappa shape index (κ1) is 19.5. The van der Waals surface area contributed by atoms with Gasteiger partial charge in [0.15, 0.2) is 17.2 Å². The van der Waals surface area contributed by atoms with Crippen LogP contribution in [-0.4, -0.2) is 29.8 Å². The largest absolute Gasteiger partial charge is 0.493 e. The molecule has 1 aliphatic heterocycles. The average molecular weight is 439 g/mol. The van der Waals surface area contributed by atoms with Gasteiger partial charge in [0, 0.05) is 10.3 Å². The third-order valence-corrected chi connectivity index (χ3v) is 6.10. The van der Waals surface area contributed by atoms with Gasteiger partial charge in [-0.05, 0) is 31.0 Å². The van der Waals surface area contributed by atoms with E-state index in [0.29, 0.717) is 53.0 Å². The van der Waals surface area contributed by atoms with Crippen molar-refractivity contribution < 1.29 is 23.2 Å². The lowest BCUT2D eigenvalue weighted by molar-refractivity contribution is 0.102. The van der Waals surface area contributed by atoms with Crippen molar-refractivity contribution in [2.45, 2.75) is 20.0 Å². The number of carbonyl (C=O) groups is 1. The number of rotatable bonds is 4. The summed E-state index contributed by atoms with van der Waals surface area (Å²) >= 11 is 1.37. The first-order chi connectivity index (χ1) is 15.0. The molecule has 0 fully saturated rings. The number of anilines is 1. The molecule has 1 amide bonds. The molecule has 1 aliphatic rings. The Morgan fingerprint density at radius 3 is 2.97 bits per heavy atom. The minimum absolute atomic E-state index is 0.115. The fraction of sp³-hybridized carbons (Fsp3) is 0.238. The van der Waals surface area contributed by atoms with Crippen LogP contribution in [0.1, 0.15) is 26.6 Å². The lowest BCUT2D eigenvalue weighted by Crippen LogP contribution is -2.20. The summed E-state index contributed by atoms with van der Waals surface area (Å²) in [5.41, 5.74) is 1.09. The third-order valence-electron chi connectivity index (χ3n) is 4.98. The number of nitrogens with one attached hydrogen (secondary N) is 1. The number of aryl methyl sites for hydroxylation is 1. The van der Waals surface area contributed by atoms with Crippen LogP contribution in [0.2, 0.25) is 0 Å². The first-order valence-corrected chi connectivity index (χ1v) is 10.3. The van der Waals surface area contributed by atoms with E-state index in [4.69, 9.17) is 18.4 Å². The van der Waals surface area contributed by atoms with Crippen molar-refractivity contribution in [3.05, 3.63) is 56.5 Å². The zero-order chi connectivity index (χ0) is 21.5. The zero-order valence-corrected chi connectivity index (χ0v) is 17.5. The molecular formula is C21H17N3O6S. The molecule has 0 aliphatic carbocycles. The van der Waals surface area contributed by atoms with Crippen LogP contribution in [0, 0.1) is 6.92 Å². The molecule has 158 valence electrons. The second-order valence-corrected chi connectivity index (χ2v) is 8.04. The Morgan fingerprint density at radius 1 is 1.32 bits per heavy atom. The van der Waals surface area contributed by atoms with E-state index >= 15 is 0 Å². The van der Waals surface area contributed by atoms with Gasteiger partial charge in [0.25, 0.3) is 11.8 Å². The summed E-state index contributed by atoms with van der Waals surface area (Å²) in [7, 11) is 1.48. The minimum Gasteiger partial charge on any atom is -0.493 e. The molecule has 9 nitrogen and oxygen atoms in total. The van der Waals surface area contributed by atoms with Crippen molar-refractivity contribution in [1.29, 1.82) is 0 Å². The molecule has 31 heavy (non-hydrogen) atoms. The molecule has 4 heterocycles. The Bertz CT molecular complexity index is 1370. The van der Waals surface area contributed by atoms with Crippen LogP contribution in [0.4, 0.5) is 5.00 Å². The molecule has 0 saturated carbocycles. The van der Waals surface area contributed by atoms with Crippen LogP contribution < -0.4 is 15.7 Å². The van der Waals surface area contributed by atoms with E-state index in [1.165, 1.54) is 24.5 Å². The molecule has 1 aromatic carbocycles. The predicted octanol–water partition coefficient (Wildman–Crippen LogP) is 3.55. The van der Waals surface area contributed by atoms with Crippen LogP contribution >= 0.6 is 11.3 Å². The van der Waals surface area contributed by atoms with Crippen LogP contribution in [0.5, 0.6) is 5.75 Å². The average Bonchev–Trinajstić information content (AvgIpc) is 3.35. The highest BCUT2D eigenvalue weighted by Crippen LogP contribution is 2.42. The lowest BCUT2D eigenvalue weighted by Gasteiger charge is -2.12. The zero-order valence-electron chi connectivity index (χ0n) is 16.7. The monoisotopic (exact) mass is 439 g/mol. The van der Waals surface area contributed by atoms with E-state index in [1.807, 2.05) is 0 Å². The second-order valence-electron chi connectivity index (χ2n) is 6.94. The van der Waals surface area contributed by atoms with Crippen molar-refractivity contribution in [1.82, 2.24) is 10.1 Å². The van der Waals surface area contributed by atoms with E-state index in [9.17, 15) is 9.59 Å². The normalized spacial score (nSPS) is 13.2. The highest BCUT2D eigenvalue weighted by atomic mass is 32.1. The highest BCUT2D eigenvalue weighted by molar-refractivity contribution is 7.17. The summed E-state index contributed by atoms with van der Waals surface area (Å²) < 4.78 is 21.5. The van der Waals surface area contributed by atoms with Crippen molar-refractivity contribution in [3.8, 4) is 17.2 Å². The van der Waals surface area contributed by atoms with E-state index in [1.54, 1.807) is 25.1 Å². The molecule has 0 radical (unpaired) electrons. The number of para-hydroxylation sites is 1. The molecule has 0 spiro atoms. The maximum atomic E-state index is 13.0. The first-order valence-electron chi connectivity index (χ1n) is 9.50.